The zero-order chi connectivity index (χ0) is 21.6. The van der Waals surface area contributed by atoms with E-state index in [-0.39, 0.29) is 18.4 Å². The molecule has 0 saturated carbocycles. The third-order valence-electron chi connectivity index (χ3n) is 4.72. The highest BCUT2D eigenvalue weighted by molar-refractivity contribution is 5.93. The Kier molecular flexibility index (Phi) is 6.07. The van der Waals surface area contributed by atoms with Gasteiger partial charge >= 0.3 is 0 Å². The molecule has 0 unspecified atom stereocenters. The average molecular weight is 418 g/mol. The Morgan fingerprint density at radius 3 is 2.61 bits per heavy atom. The molecule has 0 aliphatic rings. The molecule has 0 spiro atoms. The predicted octanol–water partition coefficient (Wildman–Crippen LogP) is 3.55. The van der Waals surface area contributed by atoms with E-state index < -0.39 is 0 Å². The van der Waals surface area contributed by atoms with Gasteiger partial charge in [-0.25, -0.2) is 0 Å². The lowest BCUT2D eigenvalue weighted by Crippen LogP contribution is -2.28. The van der Waals surface area contributed by atoms with Gasteiger partial charge in [-0.15, -0.1) is 0 Å². The number of nitrogens with zero attached hydrogens (tertiary/aromatic N) is 3. The summed E-state index contributed by atoms with van der Waals surface area (Å²) in [5.41, 5.74) is 2.62. The number of carbonyl (C=O) groups excluding carboxylic acids is 1. The molecular weight excluding hydrogens is 396 g/mol. The number of hydrogen-bond donors (Lipinski definition) is 1. The van der Waals surface area contributed by atoms with Crippen LogP contribution in [0.2, 0.25) is 0 Å². The number of hydrogen-bond acceptors (Lipinski definition) is 7. The molecule has 0 atom stereocenters. The Labute approximate surface area is 179 Å². The minimum Gasteiger partial charge on any atom is -0.496 e. The maximum absolute atomic E-state index is 12.4. The summed E-state index contributed by atoms with van der Waals surface area (Å²) in [6.45, 7) is 2.05. The van der Waals surface area contributed by atoms with Gasteiger partial charge < -0.3 is 19.3 Å². The second-order valence-corrected chi connectivity index (χ2v) is 6.75. The van der Waals surface area contributed by atoms with Crippen LogP contribution in [0.3, 0.4) is 0 Å². The summed E-state index contributed by atoms with van der Waals surface area (Å²) in [6.07, 6.45) is 0.591. The number of rotatable bonds is 8. The summed E-state index contributed by atoms with van der Waals surface area (Å²) in [4.78, 5) is 21.3. The minimum absolute atomic E-state index is 0.205. The fourth-order valence-corrected chi connectivity index (χ4v) is 3.15. The fraction of sp³-hybridized carbons (Fsp3) is 0.217. The molecule has 2 aromatic heterocycles. The number of methoxy groups -OCH3 is 1. The van der Waals surface area contributed by atoms with Crippen LogP contribution >= 0.6 is 0 Å². The molecule has 31 heavy (non-hydrogen) atoms. The van der Waals surface area contributed by atoms with E-state index in [1.807, 2.05) is 61.5 Å². The van der Waals surface area contributed by atoms with Crippen LogP contribution in [0.5, 0.6) is 11.6 Å². The first-order valence-electron chi connectivity index (χ1n) is 9.92. The molecule has 8 heteroatoms. The van der Waals surface area contributed by atoms with Crippen LogP contribution in [-0.2, 0) is 17.8 Å². The smallest absolute Gasteiger partial charge is 0.265 e. The molecule has 0 bridgehead atoms. The largest absolute Gasteiger partial charge is 0.496 e. The van der Waals surface area contributed by atoms with Gasteiger partial charge in [-0.3, -0.25) is 4.79 Å². The van der Waals surface area contributed by atoms with Crippen LogP contribution in [0.15, 0.2) is 59.1 Å². The van der Waals surface area contributed by atoms with Gasteiger partial charge in [0.2, 0.25) is 5.88 Å². The summed E-state index contributed by atoms with van der Waals surface area (Å²) in [5, 5.41) is 7.53. The van der Waals surface area contributed by atoms with Gasteiger partial charge in [0, 0.05) is 24.1 Å². The zero-order valence-corrected chi connectivity index (χ0v) is 17.3. The Morgan fingerprint density at radius 1 is 1.06 bits per heavy atom. The molecule has 8 nitrogen and oxygen atoms in total. The Morgan fingerprint density at radius 2 is 1.84 bits per heavy atom. The monoisotopic (exact) mass is 418 g/mol. The van der Waals surface area contributed by atoms with Gasteiger partial charge in [0.1, 0.15) is 22.7 Å². The molecule has 2 aromatic carbocycles. The van der Waals surface area contributed by atoms with Crippen LogP contribution in [-0.4, -0.2) is 34.7 Å². The number of amides is 1. The van der Waals surface area contributed by atoms with E-state index in [9.17, 15) is 4.79 Å². The highest BCUT2D eigenvalue weighted by Gasteiger charge is 2.20. The van der Waals surface area contributed by atoms with Gasteiger partial charge in [0.25, 0.3) is 11.6 Å². The Balaban J connectivity index is 1.53. The number of benzene rings is 2. The van der Waals surface area contributed by atoms with Crippen LogP contribution in [0, 0.1) is 0 Å². The molecular formula is C23H22N4O4. The highest BCUT2D eigenvalue weighted by Crippen LogP contribution is 2.33. The Hall–Kier alpha value is -3.94. The normalized spacial score (nSPS) is 10.8. The first-order chi connectivity index (χ1) is 15.2. The van der Waals surface area contributed by atoms with Crippen LogP contribution in [0.4, 0.5) is 0 Å². The van der Waals surface area contributed by atoms with Gasteiger partial charge in [0.15, 0.2) is 6.61 Å². The van der Waals surface area contributed by atoms with Crippen molar-refractivity contribution in [2.24, 2.45) is 0 Å². The van der Waals surface area contributed by atoms with Gasteiger partial charge in [-0.2, -0.15) is 9.97 Å². The van der Waals surface area contributed by atoms with E-state index in [0.29, 0.717) is 41.3 Å². The molecule has 4 rings (SSSR count). The summed E-state index contributed by atoms with van der Waals surface area (Å²) in [6, 6.07) is 17.1. The van der Waals surface area contributed by atoms with Crippen LogP contribution in [0.25, 0.3) is 22.4 Å². The molecule has 0 aliphatic heterocycles. The lowest BCUT2D eigenvalue weighted by atomic mass is 10.1. The van der Waals surface area contributed by atoms with Crippen molar-refractivity contribution in [3.05, 3.63) is 66.0 Å². The van der Waals surface area contributed by atoms with Crippen LogP contribution in [0.1, 0.15) is 18.3 Å². The summed E-state index contributed by atoms with van der Waals surface area (Å²) < 4.78 is 16.5. The second-order valence-electron chi connectivity index (χ2n) is 6.75. The van der Waals surface area contributed by atoms with E-state index in [1.54, 1.807) is 7.11 Å². The number of para-hydroxylation sites is 1. The number of aromatic nitrogens is 3. The molecule has 158 valence electrons. The van der Waals surface area contributed by atoms with E-state index in [2.05, 4.69) is 20.4 Å². The van der Waals surface area contributed by atoms with Crippen molar-refractivity contribution in [3.63, 3.8) is 0 Å². The van der Waals surface area contributed by atoms with Gasteiger partial charge in [0.05, 0.1) is 7.11 Å². The quantitative estimate of drug-likeness (QED) is 0.467. The number of carbonyl (C=O) groups is 1. The van der Waals surface area contributed by atoms with E-state index >= 15 is 0 Å². The molecule has 2 heterocycles. The van der Waals surface area contributed by atoms with Crippen molar-refractivity contribution in [2.45, 2.75) is 19.9 Å². The number of aryl methyl sites for hydroxylation is 1. The van der Waals surface area contributed by atoms with Crippen molar-refractivity contribution in [2.75, 3.05) is 13.7 Å². The Bertz CT molecular complexity index is 1190. The maximum atomic E-state index is 12.4. The second kappa shape index (κ2) is 9.25. The average Bonchev–Trinajstić information content (AvgIpc) is 3.26. The van der Waals surface area contributed by atoms with Crippen molar-refractivity contribution in [3.8, 4) is 22.9 Å². The highest BCUT2D eigenvalue weighted by atomic mass is 16.5. The topological polar surface area (TPSA) is 99.4 Å². The standard InChI is InChI=1S/C23H22N4O4/c1-3-18-25-22(20-21(27-31-23(20)26-18)15-9-5-4-6-10-15)30-14-19(28)24-13-16-11-7-8-12-17(16)29-2/h4-12H,3,13-14H2,1-2H3,(H,24,28). The maximum Gasteiger partial charge on any atom is 0.265 e. The predicted molar refractivity (Wildman–Crippen MR) is 115 cm³/mol. The lowest BCUT2D eigenvalue weighted by Gasteiger charge is -2.11. The summed E-state index contributed by atoms with van der Waals surface area (Å²) in [5.74, 6) is 1.25. The van der Waals surface area contributed by atoms with Crippen molar-refractivity contribution in [1.29, 1.82) is 0 Å². The number of nitrogens with one attached hydrogen (secondary N) is 1. The van der Waals surface area contributed by atoms with Crippen molar-refractivity contribution < 1.29 is 18.8 Å². The zero-order valence-electron chi connectivity index (χ0n) is 17.3. The fourth-order valence-electron chi connectivity index (χ4n) is 3.15. The first-order valence-corrected chi connectivity index (χ1v) is 9.92. The van der Waals surface area contributed by atoms with E-state index in [0.717, 1.165) is 11.1 Å². The van der Waals surface area contributed by atoms with Crippen LogP contribution < -0.4 is 14.8 Å². The molecule has 4 aromatic rings. The number of fused-ring (bicyclic) bond motifs is 1. The minimum atomic E-state index is -0.284. The van der Waals surface area contributed by atoms with Gasteiger partial charge in [-0.05, 0) is 6.07 Å². The molecule has 1 N–H and O–H groups in total. The van der Waals surface area contributed by atoms with Gasteiger partial charge in [-0.1, -0.05) is 60.6 Å². The van der Waals surface area contributed by atoms with E-state index in [1.165, 1.54) is 0 Å². The van der Waals surface area contributed by atoms with E-state index in [4.69, 9.17) is 14.0 Å². The third-order valence-corrected chi connectivity index (χ3v) is 4.72. The lowest BCUT2D eigenvalue weighted by molar-refractivity contribution is -0.123. The van der Waals surface area contributed by atoms with Crippen molar-refractivity contribution in [1.82, 2.24) is 20.4 Å². The SMILES string of the molecule is CCc1nc(OCC(=O)NCc2ccccc2OC)c2c(-c3ccccc3)noc2n1. The number of ether oxygens (including phenoxy) is 2. The summed E-state index contributed by atoms with van der Waals surface area (Å²) in [7, 11) is 1.60. The first kappa shape index (κ1) is 20.3. The van der Waals surface area contributed by atoms with Crippen molar-refractivity contribution >= 4 is 17.0 Å². The molecule has 1 amide bonds. The molecule has 0 saturated heterocycles. The molecule has 0 aliphatic carbocycles. The molecule has 0 radical (unpaired) electrons. The third kappa shape index (κ3) is 4.48. The molecule has 0 fully saturated rings. The summed E-state index contributed by atoms with van der Waals surface area (Å²) >= 11 is 0.